The Morgan fingerprint density at radius 2 is 1.71 bits per heavy atom. The summed E-state index contributed by atoms with van der Waals surface area (Å²) in [4.78, 5) is 23.2. The molecule has 2 aromatic carbocycles. The van der Waals surface area contributed by atoms with Crippen molar-refractivity contribution in [2.45, 2.75) is 20.4 Å². The molecule has 2 rings (SSSR count). The number of benzene rings is 2. The maximum absolute atomic E-state index is 12.1. The Morgan fingerprint density at radius 3 is 2.43 bits per heavy atom. The van der Waals surface area contributed by atoms with Gasteiger partial charge < -0.3 is 11.1 Å². The number of hydrogen-bond donors (Lipinski definition) is 2. The highest BCUT2D eigenvalue weighted by Crippen LogP contribution is 2.18. The van der Waals surface area contributed by atoms with Gasteiger partial charge >= 0.3 is 0 Å². The second kappa shape index (κ2) is 6.39. The summed E-state index contributed by atoms with van der Waals surface area (Å²) >= 11 is 0. The number of hydrogen-bond acceptors (Lipinski definition) is 2. The maximum atomic E-state index is 12.1. The molecular weight excluding hydrogens is 264 g/mol. The summed E-state index contributed by atoms with van der Waals surface area (Å²) in [6.07, 6.45) is 0. The first-order valence-corrected chi connectivity index (χ1v) is 7.04. The van der Waals surface area contributed by atoms with Crippen LogP contribution < -0.4 is 11.1 Å². The predicted octanol–water partition coefficient (Wildman–Crippen LogP) is 2.21. The molecule has 110 valence electrons. The molecule has 0 aliphatic carbocycles. The highest BCUT2D eigenvalue weighted by molar-refractivity contribution is 5.88. The number of carbonyl (C=O) groups is 2. The third-order valence-corrected chi connectivity index (χ3v) is 3.95. The number of carbonyl (C=O) groups excluding carboxylic acids is 2. The molecule has 4 heteroatoms. The van der Waals surface area contributed by atoms with E-state index in [1.807, 2.05) is 42.5 Å². The lowest BCUT2D eigenvalue weighted by atomic mass is 9.94. The van der Waals surface area contributed by atoms with Gasteiger partial charge in [-0.05, 0) is 16.3 Å². The van der Waals surface area contributed by atoms with Gasteiger partial charge in [0.25, 0.3) is 0 Å². The zero-order chi connectivity index (χ0) is 15.4. The molecule has 0 saturated carbocycles. The summed E-state index contributed by atoms with van der Waals surface area (Å²) in [5.74, 6) is -1.52. The number of rotatable bonds is 5. The van der Waals surface area contributed by atoms with E-state index in [1.165, 1.54) is 0 Å². The van der Waals surface area contributed by atoms with Crippen LogP contribution in [0.2, 0.25) is 0 Å². The first kappa shape index (κ1) is 15.0. The third kappa shape index (κ3) is 3.40. The van der Waals surface area contributed by atoms with Gasteiger partial charge in [0.1, 0.15) is 0 Å². The topological polar surface area (TPSA) is 72.2 Å². The SMILES string of the molecule is CC(C(N)=O)[C@H](C)C(=O)NCc1cccc2ccccc12. The summed E-state index contributed by atoms with van der Waals surface area (Å²) in [6, 6.07) is 14.0. The van der Waals surface area contributed by atoms with E-state index < -0.39 is 17.7 Å². The fourth-order valence-corrected chi connectivity index (χ4v) is 2.26. The minimum absolute atomic E-state index is 0.158. The van der Waals surface area contributed by atoms with E-state index in [-0.39, 0.29) is 5.91 Å². The molecule has 4 nitrogen and oxygen atoms in total. The highest BCUT2D eigenvalue weighted by Gasteiger charge is 2.24. The lowest BCUT2D eigenvalue weighted by Gasteiger charge is -2.17. The summed E-state index contributed by atoms with van der Waals surface area (Å²) in [7, 11) is 0. The Morgan fingerprint density at radius 1 is 1.05 bits per heavy atom. The Balaban J connectivity index is 2.08. The molecule has 2 aromatic rings. The fourth-order valence-electron chi connectivity index (χ4n) is 2.26. The Bertz CT molecular complexity index is 661. The van der Waals surface area contributed by atoms with Crippen LogP contribution >= 0.6 is 0 Å². The number of primary amides is 1. The van der Waals surface area contributed by atoms with Gasteiger partial charge in [-0.3, -0.25) is 9.59 Å². The van der Waals surface area contributed by atoms with Gasteiger partial charge in [-0.1, -0.05) is 56.3 Å². The molecule has 2 atom stereocenters. The van der Waals surface area contributed by atoms with Crippen LogP contribution in [0.1, 0.15) is 19.4 Å². The molecule has 0 aliphatic rings. The molecule has 0 radical (unpaired) electrons. The molecule has 0 saturated heterocycles. The molecule has 3 N–H and O–H groups in total. The highest BCUT2D eigenvalue weighted by atomic mass is 16.2. The Kier molecular flexibility index (Phi) is 4.58. The van der Waals surface area contributed by atoms with E-state index in [4.69, 9.17) is 5.73 Å². The van der Waals surface area contributed by atoms with Crippen LogP contribution in [0.15, 0.2) is 42.5 Å². The number of amides is 2. The maximum Gasteiger partial charge on any atom is 0.223 e. The first-order chi connectivity index (χ1) is 10.0. The standard InChI is InChI=1S/C17H20N2O2/c1-11(16(18)20)12(2)17(21)19-10-14-8-5-7-13-6-3-4-9-15(13)14/h3-9,11-12H,10H2,1-2H3,(H2,18,20)(H,19,21)/t11?,12-/m0/s1. The molecule has 0 aromatic heterocycles. The molecule has 1 unspecified atom stereocenters. The minimum atomic E-state index is -0.475. The van der Waals surface area contributed by atoms with Crippen molar-refractivity contribution in [1.29, 1.82) is 0 Å². The molecule has 21 heavy (non-hydrogen) atoms. The monoisotopic (exact) mass is 284 g/mol. The van der Waals surface area contributed by atoms with Gasteiger partial charge in [-0.2, -0.15) is 0 Å². The lowest BCUT2D eigenvalue weighted by molar-refractivity contribution is -0.132. The van der Waals surface area contributed by atoms with Crippen molar-refractivity contribution in [3.8, 4) is 0 Å². The normalized spacial score (nSPS) is 13.6. The van der Waals surface area contributed by atoms with Crippen LogP contribution in [0.25, 0.3) is 10.8 Å². The van der Waals surface area contributed by atoms with Gasteiger partial charge in [-0.15, -0.1) is 0 Å². The van der Waals surface area contributed by atoms with Crippen molar-refractivity contribution in [3.63, 3.8) is 0 Å². The van der Waals surface area contributed by atoms with Crippen LogP contribution in [0, 0.1) is 11.8 Å². The zero-order valence-electron chi connectivity index (χ0n) is 12.3. The predicted molar refractivity (Wildman–Crippen MR) is 83.3 cm³/mol. The summed E-state index contributed by atoms with van der Waals surface area (Å²) in [6.45, 7) is 3.83. The van der Waals surface area contributed by atoms with Gasteiger partial charge in [0.05, 0.1) is 0 Å². The Labute approximate surface area is 124 Å². The molecule has 0 heterocycles. The van der Waals surface area contributed by atoms with Gasteiger partial charge in [0.15, 0.2) is 0 Å². The summed E-state index contributed by atoms with van der Waals surface area (Å²) in [5.41, 5.74) is 6.29. The molecular formula is C17H20N2O2. The van der Waals surface area contributed by atoms with Crippen LogP contribution in [-0.2, 0) is 16.1 Å². The number of fused-ring (bicyclic) bond motifs is 1. The van der Waals surface area contributed by atoms with E-state index in [0.29, 0.717) is 6.54 Å². The largest absolute Gasteiger partial charge is 0.369 e. The van der Waals surface area contributed by atoms with Gasteiger partial charge in [0, 0.05) is 18.4 Å². The van der Waals surface area contributed by atoms with Crippen LogP contribution in [0.5, 0.6) is 0 Å². The minimum Gasteiger partial charge on any atom is -0.369 e. The van der Waals surface area contributed by atoms with Gasteiger partial charge in [0.2, 0.25) is 11.8 Å². The first-order valence-electron chi connectivity index (χ1n) is 7.04. The number of nitrogens with one attached hydrogen (secondary N) is 1. The van der Waals surface area contributed by atoms with Crippen molar-refractivity contribution in [3.05, 3.63) is 48.0 Å². The van der Waals surface area contributed by atoms with Crippen LogP contribution in [0.3, 0.4) is 0 Å². The third-order valence-electron chi connectivity index (χ3n) is 3.95. The van der Waals surface area contributed by atoms with Crippen molar-refractivity contribution >= 4 is 22.6 Å². The fraction of sp³-hybridized carbons (Fsp3) is 0.294. The Hall–Kier alpha value is -2.36. The van der Waals surface area contributed by atoms with E-state index >= 15 is 0 Å². The van der Waals surface area contributed by atoms with Crippen molar-refractivity contribution in [1.82, 2.24) is 5.32 Å². The van der Waals surface area contributed by atoms with Crippen molar-refractivity contribution in [2.24, 2.45) is 17.6 Å². The second-order valence-corrected chi connectivity index (χ2v) is 5.34. The average molecular weight is 284 g/mol. The molecule has 0 aliphatic heterocycles. The quantitative estimate of drug-likeness (QED) is 0.883. The van der Waals surface area contributed by atoms with Gasteiger partial charge in [-0.25, -0.2) is 0 Å². The molecule has 2 amide bonds. The van der Waals surface area contributed by atoms with E-state index in [9.17, 15) is 9.59 Å². The van der Waals surface area contributed by atoms with E-state index in [1.54, 1.807) is 13.8 Å². The van der Waals surface area contributed by atoms with E-state index in [2.05, 4.69) is 5.32 Å². The molecule has 0 spiro atoms. The van der Waals surface area contributed by atoms with Crippen LogP contribution in [-0.4, -0.2) is 11.8 Å². The summed E-state index contributed by atoms with van der Waals surface area (Å²) in [5, 5.41) is 5.14. The van der Waals surface area contributed by atoms with E-state index in [0.717, 1.165) is 16.3 Å². The van der Waals surface area contributed by atoms with Crippen molar-refractivity contribution < 1.29 is 9.59 Å². The smallest absolute Gasteiger partial charge is 0.223 e. The molecule has 0 fully saturated rings. The average Bonchev–Trinajstić information content (AvgIpc) is 2.50. The van der Waals surface area contributed by atoms with Crippen molar-refractivity contribution in [2.75, 3.05) is 0 Å². The number of nitrogens with two attached hydrogens (primary N) is 1. The second-order valence-electron chi connectivity index (χ2n) is 5.34. The molecule has 0 bridgehead atoms. The van der Waals surface area contributed by atoms with Crippen LogP contribution in [0.4, 0.5) is 0 Å². The lowest BCUT2D eigenvalue weighted by Crippen LogP contribution is -2.37. The zero-order valence-corrected chi connectivity index (χ0v) is 12.3. The summed E-state index contributed by atoms with van der Waals surface area (Å²) < 4.78 is 0.